The summed E-state index contributed by atoms with van der Waals surface area (Å²) < 4.78 is 2.34. The number of aromatic nitrogens is 1. The van der Waals surface area contributed by atoms with Crippen molar-refractivity contribution in [3.63, 3.8) is 0 Å². The Hall–Kier alpha value is -1.48. The van der Waals surface area contributed by atoms with Crippen LogP contribution < -0.4 is 5.73 Å². The van der Waals surface area contributed by atoms with Crippen LogP contribution in [0.5, 0.6) is 5.75 Å². The van der Waals surface area contributed by atoms with Crippen molar-refractivity contribution in [3.05, 3.63) is 30.0 Å². The van der Waals surface area contributed by atoms with Crippen molar-refractivity contribution in [2.45, 2.75) is 25.3 Å². The number of aryl methyl sites for hydroxylation is 1. The maximum absolute atomic E-state index is 9.48. The van der Waals surface area contributed by atoms with Crippen LogP contribution in [0.4, 0.5) is 0 Å². The van der Waals surface area contributed by atoms with Crippen LogP contribution in [-0.2, 0) is 6.54 Å². The summed E-state index contributed by atoms with van der Waals surface area (Å²) in [5.74, 6) is 0.808. The Labute approximate surface area is 94.5 Å². The Balaban J connectivity index is 2.24. The number of aromatic hydroxyl groups is 1. The zero-order valence-electron chi connectivity index (χ0n) is 9.19. The molecule has 1 aromatic carbocycles. The second-order valence-electron chi connectivity index (χ2n) is 4.54. The predicted octanol–water partition coefficient (Wildman–Crippen LogP) is 2.18. The molecule has 0 radical (unpaired) electrons. The van der Waals surface area contributed by atoms with E-state index >= 15 is 0 Å². The minimum absolute atomic E-state index is 0.333. The van der Waals surface area contributed by atoms with Crippen LogP contribution in [-0.4, -0.2) is 16.2 Å². The molecule has 3 rings (SSSR count). The fraction of sp³-hybridized carbons (Fsp3) is 0.385. The Kier molecular flexibility index (Phi) is 2.14. The van der Waals surface area contributed by atoms with E-state index in [2.05, 4.69) is 10.6 Å². The molecule has 2 aromatic rings. The van der Waals surface area contributed by atoms with Gasteiger partial charge >= 0.3 is 0 Å². The number of hydrogen-bond acceptors (Lipinski definition) is 2. The molecule has 3 N–H and O–H groups in total. The van der Waals surface area contributed by atoms with Gasteiger partial charge in [0.2, 0.25) is 0 Å². The summed E-state index contributed by atoms with van der Waals surface area (Å²) in [6, 6.07) is 7.74. The minimum atomic E-state index is 0.333. The zero-order valence-corrected chi connectivity index (χ0v) is 9.19. The Morgan fingerprint density at radius 3 is 3.06 bits per heavy atom. The molecule has 0 aliphatic carbocycles. The van der Waals surface area contributed by atoms with Gasteiger partial charge in [0.05, 0.1) is 0 Å². The summed E-state index contributed by atoms with van der Waals surface area (Å²) in [6.45, 7) is 1.78. The van der Waals surface area contributed by atoms with Crippen LogP contribution >= 0.6 is 0 Å². The van der Waals surface area contributed by atoms with Crippen molar-refractivity contribution in [2.75, 3.05) is 6.54 Å². The van der Waals surface area contributed by atoms with E-state index < -0.39 is 0 Å². The molecule has 0 fully saturated rings. The van der Waals surface area contributed by atoms with Gasteiger partial charge < -0.3 is 15.4 Å². The van der Waals surface area contributed by atoms with Crippen LogP contribution in [0.3, 0.4) is 0 Å². The van der Waals surface area contributed by atoms with Crippen molar-refractivity contribution >= 4 is 10.9 Å². The van der Waals surface area contributed by atoms with Crippen LogP contribution in [0.1, 0.15) is 24.5 Å². The zero-order chi connectivity index (χ0) is 11.1. The van der Waals surface area contributed by atoms with Crippen LogP contribution in [0.2, 0.25) is 0 Å². The molecule has 0 spiro atoms. The topological polar surface area (TPSA) is 51.2 Å². The second kappa shape index (κ2) is 3.52. The van der Waals surface area contributed by atoms with Crippen LogP contribution in [0.25, 0.3) is 10.9 Å². The van der Waals surface area contributed by atoms with E-state index in [0.29, 0.717) is 18.2 Å². The number of rotatable bonds is 1. The van der Waals surface area contributed by atoms with Crippen LogP contribution in [0, 0.1) is 0 Å². The molecule has 0 saturated carbocycles. The van der Waals surface area contributed by atoms with E-state index in [4.69, 9.17) is 5.73 Å². The van der Waals surface area contributed by atoms with E-state index in [1.807, 2.05) is 12.1 Å². The van der Waals surface area contributed by atoms with Gasteiger partial charge in [-0.25, -0.2) is 0 Å². The highest BCUT2D eigenvalue weighted by molar-refractivity contribution is 5.83. The summed E-state index contributed by atoms with van der Waals surface area (Å²) in [6.07, 6.45) is 2.37. The molecule has 3 heteroatoms. The molecule has 0 amide bonds. The summed E-state index contributed by atoms with van der Waals surface area (Å²) in [7, 11) is 0. The van der Waals surface area contributed by atoms with E-state index in [-0.39, 0.29) is 0 Å². The average Bonchev–Trinajstić information content (AvgIpc) is 2.65. The molecule has 1 aliphatic heterocycles. The van der Waals surface area contributed by atoms with E-state index in [0.717, 1.165) is 11.9 Å². The number of fused-ring (bicyclic) bond motifs is 3. The maximum Gasteiger partial charge on any atom is 0.116 e. The molecular formula is C13H16N2O. The monoisotopic (exact) mass is 216 g/mol. The molecular weight excluding hydrogens is 200 g/mol. The predicted molar refractivity (Wildman–Crippen MR) is 64.6 cm³/mol. The van der Waals surface area contributed by atoms with E-state index in [9.17, 15) is 5.11 Å². The van der Waals surface area contributed by atoms with Crippen molar-refractivity contribution in [1.82, 2.24) is 4.57 Å². The molecule has 2 heterocycles. The van der Waals surface area contributed by atoms with Gasteiger partial charge in [-0.3, -0.25) is 0 Å². The number of hydrogen-bond donors (Lipinski definition) is 2. The first kappa shape index (κ1) is 9.73. The third kappa shape index (κ3) is 1.32. The first-order valence-electron chi connectivity index (χ1n) is 5.82. The molecule has 84 valence electrons. The lowest BCUT2D eigenvalue weighted by Gasteiger charge is -2.24. The highest BCUT2D eigenvalue weighted by Crippen LogP contribution is 2.33. The standard InChI is InChI=1S/C13H16N2O/c14-8-9-2-1-5-15-12-4-3-11(16)6-10(12)7-13(9)15/h3-4,6-7,9,16H,1-2,5,8,14H2. The Morgan fingerprint density at radius 1 is 1.38 bits per heavy atom. The first-order valence-corrected chi connectivity index (χ1v) is 5.82. The SMILES string of the molecule is NCC1CCCn2c1cc1cc(O)ccc12. The second-order valence-corrected chi connectivity index (χ2v) is 4.54. The highest BCUT2D eigenvalue weighted by Gasteiger charge is 2.21. The summed E-state index contributed by atoms with van der Waals surface area (Å²) in [5.41, 5.74) is 8.35. The molecule has 1 aliphatic rings. The third-order valence-corrected chi connectivity index (χ3v) is 3.55. The van der Waals surface area contributed by atoms with Crippen molar-refractivity contribution in [2.24, 2.45) is 5.73 Å². The van der Waals surface area contributed by atoms with Gasteiger partial charge in [0.15, 0.2) is 0 Å². The summed E-state index contributed by atoms with van der Waals surface area (Å²) in [5, 5.41) is 10.6. The summed E-state index contributed by atoms with van der Waals surface area (Å²) >= 11 is 0. The average molecular weight is 216 g/mol. The number of phenolic OH excluding ortho intramolecular Hbond substituents is 1. The van der Waals surface area contributed by atoms with Gasteiger partial charge in [-0.1, -0.05) is 0 Å². The lowest BCUT2D eigenvalue weighted by Crippen LogP contribution is -2.21. The van der Waals surface area contributed by atoms with Gasteiger partial charge in [-0.2, -0.15) is 0 Å². The smallest absolute Gasteiger partial charge is 0.116 e. The maximum atomic E-state index is 9.48. The quantitative estimate of drug-likeness (QED) is 0.767. The molecule has 16 heavy (non-hydrogen) atoms. The summed E-state index contributed by atoms with van der Waals surface area (Å²) in [4.78, 5) is 0. The van der Waals surface area contributed by atoms with Gasteiger partial charge in [0, 0.05) is 35.6 Å². The van der Waals surface area contributed by atoms with Crippen molar-refractivity contribution in [1.29, 1.82) is 0 Å². The lowest BCUT2D eigenvalue weighted by atomic mass is 9.96. The van der Waals surface area contributed by atoms with Gasteiger partial charge in [0.25, 0.3) is 0 Å². The molecule has 1 aromatic heterocycles. The van der Waals surface area contributed by atoms with Gasteiger partial charge in [0.1, 0.15) is 5.75 Å². The first-order chi connectivity index (χ1) is 7.79. The van der Waals surface area contributed by atoms with Crippen molar-refractivity contribution < 1.29 is 5.11 Å². The Morgan fingerprint density at radius 2 is 2.25 bits per heavy atom. The molecule has 3 nitrogen and oxygen atoms in total. The lowest BCUT2D eigenvalue weighted by molar-refractivity contribution is 0.467. The highest BCUT2D eigenvalue weighted by atomic mass is 16.3. The molecule has 1 atom stereocenters. The number of nitrogens with two attached hydrogens (primary N) is 1. The number of phenols is 1. The molecule has 1 unspecified atom stereocenters. The molecule has 0 bridgehead atoms. The number of benzene rings is 1. The van der Waals surface area contributed by atoms with Crippen molar-refractivity contribution in [3.8, 4) is 5.75 Å². The van der Waals surface area contributed by atoms with Crippen LogP contribution in [0.15, 0.2) is 24.3 Å². The largest absolute Gasteiger partial charge is 0.508 e. The fourth-order valence-electron chi connectivity index (χ4n) is 2.75. The van der Waals surface area contributed by atoms with Gasteiger partial charge in [-0.05, 0) is 37.1 Å². The Bertz CT molecular complexity index is 530. The van der Waals surface area contributed by atoms with E-state index in [1.54, 1.807) is 6.07 Å². The van der Waals surface area contributed by atoms with Gasteiger partial charge in [-0.15, -0.1) is 0 Å². The normalized spacial score (nSPS) is 19.9. The molecule has 0 saturated heterocycles. The van der Waals surface area contributed by atoms with E-state index in [1.165, 1.54) is 24.1 Å². The fourth-order valence-corrected chi connectivity index (χ4v) is 2.75. The number of nitrogens with zero attached hydrogens (tertiary/aromatic N) is 1. The minimum Gasteiger partial charge on any atom is -0.508 e. The third-order valence-electron chi connectivity index (χ3n) is 3.55.